The summed E-state index contributed by atoms with van der Waals surface area (Å²) in [6.07, 6.45) is 2.57. The second-order valence-corrected chi connectivity index (χ2v) is 5.60. The van der Waals surface area contributed by atoms with E-state index in [0.29, 0.717) is 19.3 Å². The van der Waals surface area contributed by atoms with E-state index in [1.54, 1.807) is 0 Å². The van der Waals surface area contributed by atoms with E-state index < -0.39 is 0 Å². The van der Waals surface area contributed by atoms with E-state index in [4.69, 9.17) is 4.74 Å². The van der Waals surface area contributed by atoms with Crippen molar-refractivity contribution in [2.75, 3.05) is 0 Å². The molecule has 0 aromatic heterocycles. The molecular weight excluding hydrogens is 304 g/mol. The summed E-state index contributed by atoms with van der Waals surface area (Å²) in [6, 6.07) is 14.1. The molecular formula is C20H22O4. The van der Waals surface area contributed by atoms with E-state index >= 15 is 0 Å². The van der Waals surface area contributed by atoms with Gasteiger partial charge >= 0.3 is 11.9 Å². The molecule has 4 heteroatoms. The van der Waals surface area contributed by atoms with Crippen LogP contribution in [0.5, 0.6) is 0 Å². The van der Waals surface area contributed by atoms with Crippen LogP contribution >= 0.6 is 0 Å². The predicted molar refractivity (Wildman–Crippen MR) is 93.2 cm³/mol. The van der Waals surface area contributed by atoms with Crippen molar-refractivity contribution in [3.8, 4) is 0 Å². The number of hydrogen-bond donors (Lipinski definition) is 0. The molecule has 1 atom stereocenters. The number of fused-ring (bicyclic) bond motifs is 1. The molecule has 0 spiro atoms. The zero-order valence-corrected chi connectivity index (χ0v) is 13.9. The number of rotatable bonds is 8. The third kappa shape index (κ3) is 5.23. The third-order valence-corrected chi connectivity index (χ3v) is 3.78. The number of benzene rings is 2. The highest BCUT2D eigenvalue weighted by atomic mass is 16.5. The minimum absolute atomic E-state index is 0.257. The van der Waals surface area contributed by atoms with Crippen molar-refractivity contribution in [3.63, 3.8) is 0 Å². The molecule has 0 saturated carbocycles. The first-order valence-electron chi connectivity index (χ1n) is 8.08. The Morgan fingerprint density at radius 3 is 2.42 bits per heavy atom. The third-order valence-electron chi connectivity index (χ3n) is 3.78. The average Bonchev–Trinajstić information content (AvgIpc) is 2.58. The fraction of sp³-hybridized carbons (Fsp3) is 0.300. The molecule has 126 valence electrons. The van der Waals surface area contributed by atoms with Gasteiger partial charge in [0.15, 0.2) is 0 Å². The topological polar surface area (TPSA) is 52.6 Å². The summed E-state index contributed by atoms with van der Waals surface area (Å²) in [5, 5.41) is 2.28. The minimum Gasteiger partial charge on any atom is -0.458 e. The molecule has 0 aliphatic heterocycles. The molecule has 24 heavy (non-hydrogen) atoms. The molecule has 0 heterocycles. The number of ether oxygens (including phenoxy) is 2. The number of carbonyl (C=O) groups excluding carboxylic acids is 2. The lowest BCUT2D eigenvalue weighted by atomic mass is 10.0. The smallest absolute Gasteiger partial charge is 0.310 e. The van der Waals surface area contributed by atoms with Crippen molar-refractivity contribution in [1.29, 1.82) is 0 Å². The van der Waals surface area contributed by atoms with Crippen LogP contribution in [0.4, 0.5) is 0 Å². The number of esters is 2. The fourth-order valence-corrected chi connectivity index (χ4v) is 2.48. The molecule has 2 rings (SSSR count). The first kappa shape index (κ1) is 17.7. The zero-order chi connectivity index (χ0) is 17.4. The van der Waals surface area contributed by atoms with E-state index in [1.807, 2.05) is 49.4 Å². The second kappa shape index (κ2) is 8.87. The van der Waals surface area contributed by atoms with Gasteiger partial charge in [-0.1, -0.05) is 43.0 Å². The molecule has 0 bridgehead atoms. The van der Waals surface area contributed by atoms with Crippen LogP contribution in [0.1, 0.15) is 44.3 Å². The maximum absolute atomic E-state index is 11.9. The zero-order valence-electron chi connectivity index (χ0n) is 13.9. The lowest BCUT2D eigenvalue weighted by molar-refractivity contribution is -0.149. The molecule has 0 aliphatic carbocycles. The molecule has 0 saturated heterocycles. The van der Waals surface area contributed by atoms with Crippen LogP contribution in [0, 0.1) is 0 Å². The van der Waals surface area contributed by atoms with Crippen LogP contribution in [0.2, 0.25) is 0 Å². The molecule has 2 aromatic carbocycles. The average molecular weight is 326 g/mol. The Morgan fingerprint density at radius 1 is 1.04 bits per heavy atom. The van der Waals surface area contributed by atoms with Crippen LogP contribution in [0.25, 0.3) is 10.8 Å². The van der Waals surface area contributed by atoms with E-state index in [0.717, 1.165) is 22.6 Å². The van der Waals surface area contributed by atoms with Crippen LogP contribution in [-0.2, 0) is 19.1 Å². The Kier molecular flexibility index (Phi) is 6.55. The van der Waals surface area contributed by atoms with Gasteiger partial charge in [0.1, 0.15) is 6.10 Å². The molecule has 0 amide bonds. The normalized spacial score (nSPS) is 11.7. The maximum Gasteiger partial charge on any atom is 0.310 e. The molecule has 0 unspecified atom stereocenters. The van der Waals surface area contributed by atoms with Crippen molar-refractivity contribution in [2.24, 2.45) is 0 Å². The molecule has 0 fully saturated rings. The van der Waals surface area contributed by atoms with Gasteiger partial charge in [0.25, 0.3) is 0 Å². The standard InChI is InChI=1S/C20H22O4/c1-3-23-19(21)10-6-7-11-20(22)24-15(2)17-13-12-16-8-4-5-9-18(16)14-17/h3-5,8-9,12-15H,1,6-7,10-11H2,2H3/t15-/m1/s1. The minimum atomic E-state index is -0.331. The first-order chi connectivity index (χ1) is 11.6. The Balaban J connectivity index is 1.80. The maximum atomic E-state index is 11.9. The Morgan fingerprint density at radius 2 is 1.71 bits per heavy atom. The first-order valence-corrected chi connectivity index (χ1v) is 8.08. The summed E-state index contributed by atoms with van der Waals surface area (Å²) in [4.78, 5) is 23.1. The number of unbranched alkanes of at least 4 members (excludes halogenated alkanes) is 1. The highest BCUT2D eigenvalue weighted by molar-refractivity contribution is 5.83. The van der Waals surface area contributed by atoms with Crippen LogP contribution < -0.4 is 0 Å². The van der Waals surface area contributed by atoms with Crippen molar-refractivity contribution < 1.29 is 19.1 Å². The van der Waals surface area contributed by atoms with E-state index in [2.05, 4.69) is 11.3 Å². The second-order valence-electron chi connectivity index (χ2n) is 5.60. The van der Waals surface area contributed by atoms with Crippen LogP contribution in [-0.4, -0.2) is 11.9 Å². The monoisotopic (exact) mass is 326 g/mol. The van der Waals surface area contributed by atoms with Gasteiger partial charge in [-0.05, 0) is 42.2 Å². The van der Waals surface area contributed by atoms with Crippen molar-refractivity contribution in [3.05, 3.63) is 60.9 Å². The highest BCUT2D eigenvalue weighted by Gasteiger charge is 2.12. The van der Waals surface area contributed by atoms with E-state index in [-0.39, 0.29) is 24.5 Å². The molecule has 0 radical (unpaired) electrons. The largest absolute Gasteiger partial charge is 0.458 e. The quantitative estimate of drug-likeness (QED) is 0.401. The van der Waals surface area contributed by atoms with Gasteiger partial charge in [-0.25, -0.2) is 0 Å². The summed E-state index contributed by atoms with van der Waals surface area (Å²) >= 11 is 0. The van der Waals surface area contributed by atoms with Gasteiger partial charge in [-0.3, -0.25) is 9.59 Å². The van der Waals surface area contributed by atoms with Gasteiger partial charge in [0.05, 0.1) is 6.26 Å². The Hall–Kier alpha value is -2.62. The summed E-state index contributed by atoms with van der Waals surface area (Å²) < 4.78 is 10.1. The Labute approximate surface area is 142 Å². The van der Waals surface area contributed by atoms with E-state index in [1.165, 1.54) is 0 Å². The van der Waals surface area contributed by atoms with Gasteiger partial charge in [0.2, 0.25) is 0 Å². The number of carbonyl (C=O) groups is 2. The van der Waals surface area contributed by atoms with Crippen molar-refractivity contribution in [1.82, 2.24) is 0 Å². The molecule has 0 aliphatic rings. The molecule has 2 aromatic rings. The van der Waals surface area contributed by atoms with Gasteiger partial charge in [0, 0.05) is 12.8 Å². The predicted octanol–water partition coefficient (Wildman–Crippen LogP) is 4.69. The fourth-order valence-electron chi connectivity index (χ4n) is 2.48. The SMILES string of the molecule is C=COC(=O)CCCCC(=O)O[C@H](C)c1ccc2ccccc2c1. The lowest BCUT2D eigenvalue weighted by Gasteiger charge is -2.14. The summed E-state index contributed by atoms with van der Waals surface area (Å²) in [6.45, 7) is 5.18. The van der Waals surface area contributed by atoms with Gasteiger partial charge in [-0.2, -0.15) is 0 Å². The van der Waals surface area contributed by atoms with E-state index in [9.17, 15) is 9.59 Å². The summed E-state index contributed by atoms with van der Waals surface area (Å²) in [7, 11) is 0. The molecule has 4 nitrogen and oxygen atoms in total. The highest BCUT2D eigenvalue weighted by Crippen LogP contribution is 2.23. The van der Waals surface area contributed by atoms with Crippen molar-refractivity contribution >= 4 is 22.7 Å². The summed E-state index contributed by atoms with van der Waals surface area (Å²) in [5.41, 5.74) is 0.969. The lowest BCUT2D eigenvalue weighted by Crippen LogP contribution is -2.09. The Bertz CT molecular complexity index is 720. The number of hydrogen-bond acceptors (Lipinski definition) is 4. The van der Waals surface area contributed by atoms with Crippen molar-refractivity contribution in [2.45, 2.75) is 38.7 Å². The van der Waals surface area contributed by atoms with Crippen LogP contribution in [0.15, 0.2) is 55.3 Å². The van der Waals surface area contributed by atoms with Crippen LogP contribution in [0.3, 0.4) is 0 Å². The van der Waals surface area contributed by atoms with Gasteiger partial charge < -0.3 is 9.47 Å². The summed E-state index contributed by atoms with van der Waals surface area (Å²) in [5.74, 6) is -0.587. The molecule has 0 N–H and O–H groups in total. The van der Waals surface area contributed by atoms with Gasteiger partial charge in [-0.15, -0.1) is 0 Å².